The second-order valence-electron chi connectivity index (χ2n) is 5.39. The Morgan fingerprint density at radius 3 is 2.37 bits per heavy atom. The third-order valence-electron chi connectivity index (χ3n) is 3.86. The largest absolute Gasteiger partial charge is 0.314 e. The second kappa shape index (κ2) is 6.99. The van der Waals surface area contributed by atoms with Gasteiger partial charge in [-0.25, -0.2) is 0 Å². The number of piperazine rings is 1. The predicted molar refractivity (Wildman–Crippen MR) is 76.3 cm³/mol. The molecule has 2 saturated heterocycles. The number of rotatable bonds is 5. The van der Waals surface area contributed by atoms with Gasteiger partial charge in [0.05, 0.1) is 0 Å². The van der Waals surface area contributed by atoms with Gasteiger partial charge in [0.25, 0.3) is 10.2 Å². The monoisotopic (exact) mass is 290 g/mol. The summed E-state index contributed by atoms with van der Waals surface area (Å²) in [5, 5.41) is 3.17. The zero-order valence-corrected chi connectivity index (χ0v) is 12.6. The van der Waals surface area contributed by atoms with Crippen molar-refractivity contribution in [1.29, 1.82) is 0 Å². The molecule has 2 heterocycles. The standard InChI is InChI=1S/C12H26N4O2S/c1-2-7-15-8-3-12(4-9-15)14-19(17,18)16-10-5-13-6-11-16/h12-14H,2-11H2,1H3. The Morgan fingerprint density at radius 1 is 1.16 bits per heavy atom. The first-order chi connectivity index (χ1) is 9.12. The van der Waals surface area contributed by atoms with E-state index in [1.807, 2.05) is 0 Å². The van der Waals surface area contributed by atoms with Crippen LogP contribution >= 0.6 is 0 Å². The minimum atomic E-state index is -3.29. The van der Waals surface area contributed by atoms with Crippen molar-refractivity contribution in [3.63, 3.8) is 0 Å². The molecule has 0 atom stereocenters. The van der Waals surface area contributed by atoms with Gasteiger partial charge in [-0.15, -0.1) is 0 Å². The Kier molecular flexibility index (Phi) is 5.58. The van der Waals surface area contributed by atoms with Crippen molar-refractivity contribution >= 4 is 10.2 Å². The number of hydrogen-bond donors (Lipinski definition) is 2. The molecule has 0 aromatic rings. The van der Waals surface area contributed by atoms with Gasteiger partial charge in [0.15, 0.2) is 0 Å². The zero-order valence-electron chi connectivity index (χ0n) is 11.8. The molecule has 0 saturated carbocycles. The molecule has 0 amide bonds. The van der Waals surface area contributed by atoms with Gasteiger partial charge in [-0.3, -0.25) is 0 Å². The normalized spacial score (nSPS) is 24.7. The molecule has 112 valence electrons. The molecule has 7 heteroatoms. The van der Waals surface area contributed by atoms with Crippen LogP contribution in [0.15, 0.2) is 0 Å². The van der Waals surface area contributed by atoms with Crippen molar-refractivity contribution in [2.45, 2.75) is 32.2 Å². The topological polar surface area (TPSA) is 64.7 Å². The van der Waals surface area contributed by atoms with E-state index < -0.39 is 10.2 Å². The number of hydrogen-bond acceptors (Lipinski definition) is 4. The van der Waals surface area contributed by atoms with Gasteiger partial charge in [-0.2, -0.15) is 17.4 Å². The summed E-state index contributed by atoms with van der Waals surface area (Å²) in [6.45, 7) is 7.95. The Labute approximate surface area is 116 Å². The highest BCUT2D eigenvalue weighted by Crippen LogP contribution is 2.13. The molecule has 0 bridgehead atoms. The summed E-state index contributed by atoms with van der Waals surface area (Å²) < 4.78 is 28.9. The summed E-state index contributed by atoms with van der Waals surface area (Å²) in [6.07, 6.45) is 3.01. The predicted octanol–water partition coefficient (Wildman–Crippen LogP) is -0.400. The van der Waals surface area contributed by atoms with E-state index >= 15 is 0 Å². The molecule has 0 spiro atoms. The molecular weight excluding hydrogens is 264 g/mol. The molecule has 6 nitrogen and oxygen atoms in total. The molecule has 0 unspecified atom stereocenters. The van der Waals surface area contributed by atoms with E-state index in [-0.39, 0.29) is 6.04 Å². The average Bonchev–Trinajstić information content (AvgIpc) is 2.42. The summed E-state index contributed by atoms with van der Waals surface area (Å²) in [5.74, 6) is 0. The highest BCUT2D eigenvalue weighted by Gasteiger charge is 2.28. The molecular formula is C12H26N4O2S. The van der Waals surface area contributed by atoms with Crippen molar-refractivity contribution in [2.75, 3.05) is 45.8 Å². The quantitative estimate of drug-likeness (QED) is 0.723. The molecule has 2 aliphatic heterocycles. The first-order valence-electron chi connectivity index (χ1n) is 7.32. The first-order valence-corrected chi connectivity index (χ1v) is 8.76. The van der Waals surface area contributed by atoms with Crippen LogP contribution in [0.25, 0.3) is 0 Å². The number of nitrogens with one attached hydrogen (secondary N) is 2. The maximum absolute atomic E-state index is 12.2. The number of likely N-dealkylation sites (tertiary alicyclic amines) is 1. The smallest absolute Gasteiger partial charge is 0.279 e. The zero-order chi connectivity index (χ0) is 13.7. The maximum Gasteiger partial charge on any atom is 0.279 e. The van der Waals surface area contributed by atoms with E-state index in [4.69, 9.17) is 0 Å². The molecule has 0 aromatic heterocycles. The SMILES string of the molecule is CCCN1CCC(NS(=O)(=O)N2CCNCC2)CC1. The van der Waals surface area contributed by atoms with E-state index in [9.17, 15) is 8.42 Å². The van der Waals surface area contributed by atoms with E-state index in [1.54, 1.807) is 4.31 Å². The average molecular weight is 290 g/mol. The Bertz CT molecular complexity index is 360. The lowest BCUT2D eigenvalue weighted by atomic mass is 10.1. The van der Waals surface area contributed by atoms with Gasteiger partial charge < -0.3 is 10.2 Å². The highest BCUT2D eigenvalue weighted by molar-refractivity contribution is 7.87. The summed E-state index contributed by atoms with van der Waals surface area (Å²) >= 11 is 0. The van der Waals surface area contributed by atoms with Crippen molar-refractivity contribution in [3.8, 4) is 0 Å². The minimum absolute atomic E-state index is 0.105. The lowest BCUT2D eigenvalue weighted by molar-refractivity contribution is 0.206. The summed E-state index contributed by atoms with van der Waals surface area (Å²) in [5.41, 5.74) is 0. The van der Waals surface area contributed by atoms with Crippen molar-refractivity contribution in [2.24, 2.45) is 0 Å². The molecule has 0 aromatic carbocycles. The minimum Gasteiger partial charge on any atom is -0.314 e. The second-order valence-corrected chi connectivity index (χ2v) is 7.09. The fraction of sp³-hybridized carbons (Fsp3) is 1.00. The molecule has 2 rings (SSSR count). The summed E-state index contributed by atoms with van der Waals surface area (Å²) in [7, 11) is -3.29. The van der Waals surface area contributed by atoms with Crippen LogP contribution in [-0.2, 0) is 10.2 Å². The molecule has 0 radical (unpaired) electrons. The van der Waals surface area contributed by atoms with Gasteiger partial charge in [-0.05, 0) is 38.9 Å². The van der Waals surface area contributed by atoms with E-state index in [1.165, 1.54) is 0 Å². The van der Waals surface area contributed by atoms with Crippen LogP contribution in [0.4, 0.5) is 0 Å². The highest BCUT2D eigenvalue weighted by atomic mass is 32.2. The molecule has 0 aliphatic carbocycles. The van der Waals surface area contributed by atoms with Crippen LogP contribution in [0, 0.1) is 0 Å². The number of nitrogens with zero attached hydrogens (tertiary/aromatic N) is 2. The van der Waals surface area contributed by atoms with Crippen LogP contribution in [0.5, 0.6) is 0 Å². The fourth-order valence-electron chi connectivity index (χ4n) is 2.76. The molecule has 19 heavy (non-hydrogen) atoms. The van der Waals surface area contributed by atoms with Crippen LogP contribution in [0.1, 0.15) is 26.2 Å². The molecule has 2 aliphatic rings. The van der Waals surface area contributed by atoms with Crippen LogP contribution in [0.2, 0.25) is 0 Å². The Morgan fingerprint density at radius 2 is 1.79 bits per heavy atom. The molecule has 2 N–H and O–H groups in total. The number of piperidine rings is 1. The van der Waals surface area contributed by atoms with E-state index in [0.29, 0.717) is 13.1 Å². The fourth-order valence-corrected chi connectivity index (χ4v) is 4.23. The maximum atomic E-state index is 12.2. The van der Waals surface area contributed by atoms with Gasteiger partial charge in [-0.1, -0.05) is 6.92 Å². The van der Waals surface area contributed by atoms with E-state index in [2.05, 4.69) is 21.9 Å². The third kappa shape index (κ3) is 4.39. The Balaban J connectivity index is 1.80. The van der Waals surface area contributed by atoms with E-state index in [0.717, 1.165) is 52.0 Å². The van der Waals surface area contributed by atoms with Crippen LogP contribution in [-0.4, -0.2) is 69.5 Å². The van der Waals surface area contributed by atoms with Crippen molar-refractivity contribution in [1.82, 2.24) is 19.2 Å². The van der Waals surface area contributed by atoms with Crippen LogP contribution < -0.4 is 10.0 Å². The lowest BCUT2D eigenvalue weighted by Crippen LogP contribution is -2.54. The van der Waals surface area contributed by atoms with Crippen molar-refractivity contribution in [3.05, 3.63) is 0 Å². The first kappa shape index (κ1) is 15.2. The van der Waals surface area contributed by atoms with Gasteiger partial charge in [0, 0.05) is 32.2 Å². The lowest BCUT2D eigenvalue weighted by Gasteiger charge is -2.34. The third-order valence-corrected chi connectivity index (χ3v) is 5.54. The summed E-state index contributed by atoms with van der Waals surface area (Å²) in [4.78, 5) is 2.41. The summed E-state index contributed by atoms with van der Waals surface area (Å²) in [6, 6.07) is 0.105. The van der Waals surface area contributed by atoms with Gasteiger partial charge in [0.1, 0.15) is 0 Å². The van der Waals surface area contributed by atoms with Crippen LogP contribution in [0.3, 0.4) is 0 Å². The molecule has 2 fully saturated rings. The van der Waals surface area contributed by atoms with Crippen molar-refractivity contribution < 1.29 is 8.42 Å². The Hall–Kier alpha value is -0.210. The van der Waals surface area contributed by atoms with Gasteiger partial charge >= 0.3 is 0 Å². The van der Waals surface area contributed by atoms with Gasteiger partial charge in [0.2, 0.25) is 0 Å².